The Morgan fingerprint density at radius 1 is 1.37 bits per heavy atom. The molecule has 1 fully saturated rings. The van der Waals surface area contributed by atoms with E-state index in [1.54, 1.807) is 4.68 Å². The summed E-state index contributed by atoms with van der Waals surface area (Å²) in [5, 5.41) is 13.2. The summed E-state index contributed by atoms with van der Waals surface area (Å²) in [6, 6.07) is 3.60. The lowest BCUT2D eigenvalue weighted by molar-refractivity contribution is -0.137. The third kappa shape index (κ3) is 3.93. The number of benzene rings is 1. The molecule has 1 aliphatic carbocycles. The number of nitrogens with zero attached hydrogens (tertiary/aromatic N) is 3. The molecule has 1 saturated carbocycles. The van der Waals surface area contributed by atoms with Gasteiger partial charge in [0.2, 0.25) is 0 Å². The second-order valence-corrected chi connectivity index (χ2v) is 8.05. The molecule has 1 aliphatic rings. The first kappa shape index (κ1) is 19.2. The average molecular weight is 398 g/mol. The zero-order valence-corrected chi connectivity index (χ0v) is 15.2. The molecule has 144 valence electrons. The van der Waals surface area contributed by atoms with Gasteiger partial charge in [-0.15, -0.1) is 0 Å². The number of aromatic nitrogens is 2. The Labute approximate surface area is 154 Å². The second-order valence-electron chi connectivity index (χ2n) is 6.36. The number of nitrogens with one attached hydrogen (secondary N) is 1. The third-order valence-electron chi connectivity index (χ3n) is 4.25. The van der Waals surface area contributed by atoms with Gasteiger partial charge in [0.25, 0.3) is 10.0 Å². The molecule has 0 radical (unpaired) electrons. The van der Waals surface area contributed by atoms with Gasteiger partial charge in [-0.05, 0) is 37.5 Å². The fourth-order valence-corrected chi connectivity index (χ4v) is 3.97. The van der Waals surface area contributed by atoms with Crippen molar-refractivity contribution in [2.24, 2.45) is 0 Å². The molecule has 10 heteroatoms. The molecule has 2 aromatic rings. The van der Waals surface area contributed by atoms with Crippen LogP contribution >= 0.6 is 0 Å². The summed E-state index contributed by atoms with van der Waals surface area (Å²) in [4.78, 5) is -0.406. The monoisotopic (exact) mass is 398 g/mol. The van der Waals surface area contributed by atoms with E-state index in [2.05, 4.69) is 9.82 Å². The predicted molar refractivity (Wildman–Crippen MR) is 91.5 cm³/mol. The number of anilines is 1. The topological polar surface area (TPSA) is 87.8 Å². The first-order chi connectivity index (χ1) is 12.7. The summed E-state index contributed by atoms with van der Waals surface area (Å²) in [6.07, 6.45) is -0.624. The largest absolute Gasteiger partial charge is 0.417 e. The van der Waals surface area contributed by atoms with Crippen LogP contribution in [-0.4, -0.2) is 18.2 Å². The van der Waals surface area contributed by atoms with Crippen LogP contribution in [0.15, 0.2) is 29.3 Å². The minimum atomic E-state index is -4.73. The maximum Gasteiger partial charge on any atom is 0.417 e. The highest BCUT2D eigenvalue weighted by atomic mass is 32.2. The summed E-state index contributed by atoms with van der Waals surface area (Å²) in [7, 11) is -4.16. The fourth-order valence-electron chi connectivity index (χ4n) is 2.88. The number of rotatable bonds is 6. The number of hydrogen-bond acceptors (Lipinski definition) is 4. The van der Waals surface area contributed by atoms with E-state index >= 15 is 0 Å². The Kier molecular flexibility index (Phi) is 4.90. The van der Waals surface area contributed by atoms with Crippen molar-refractivity contribution in [3.05, 3.63) is 41.2 Å². The van der Waals surface area contributed by atoms with E-state index in [9.17, 15) is 21.6 Å². The molecule has 1 N–H and O–H groups in total. The molecule has 1 aromatic carbocycles. The lowest BCUT2D eigenvalue weighted by atomic mass is 10.1. The molecule has 1 heterocycles. The molecule has 0 saturated heterocycles. The highest BCUT2D eigenvalue weighted by Gasteiger charge is 2.35. The van der Waals surface area contributed by atoms with Gasteiger partial charge in [-0.25, -0.2) is 8.42 Å². The van der Waals surface area contributed by atoms with Crippen molar-refractivity contribution in [1.82, 2.24) is 9.78 Å². The van der Waals surface area contributed by atoms with E-state index in [1.165, 1.54) is 12.3 Å². The predicted octanol–water partition coefficient (Wildman–Crippen LogP) is 3.86. The van der Waals surface area contributed by atoms with Crippen molar-refractivity contribution in [1.29, 1.82) is 5.26 Å². The molecule has 27 heavy (non-hydrogen) atoms. The second kappa shape index (κ2) is 6.88. The van der Waals surface area contributed by atoms with Crippen molar-refractivity contribution in [3.8, 4) is 6.07 Å². The molecule has 0 unspecified atom stereocenters. The van der Waals surface area contributed by atoms with E-state index in [-0.39, 0.29) is 5.92 Å². The van der Waals surface area contributed by atoms with E-state index in [0.29, 0.717) is 18.3 Å². The number of halogens is 3. The Hall–Kier alpha value is -2.54. The fraction of sp³-hybridized carbons (Fsp3) is 0.412. The Morgan fingerprint density at radius 3 is 2.63 bits per heavy atom. The number of nitriles is 1. The lowest BCUT2D eigenvalue weighted by Gasteiger charge is -2.13. The molecule has 0 bridgehead atoms. The van der Waals surface area contributed by atoms with Gasteiger partial charge in [0.15, 0.2) is 0 Å². The van der Waals surface area contributed by atoms with Crippen LogP contribution in [0.2, 0.25) is 0 Å². The Balaban J connectivity index is 1.96. The minimum absolute atomic E-state index is 0.221. The molecule has 0 amide bonds. The zero-order chi connectivity index (χ0) is 19.8. The minimum Gasteiger partial charge on any atom is -0.276 e. The van der Waals surface area contributed by atoms with E-state index in [4.69, 9.17) is 5.26 Å². The summed E-state index contributed by atoms with van der Waals surface area (Å²) >= 11 is 0. The first-order valence-corrected chi connectivity index (χ1v) is 9.85. The van der Waals surface area contributed by atoms with E-state index in [1.807, 2.05) is 6.92 Å². The Bertz CT molecular complexity index is 1000. The van der Waals surface area contributed by atoms with Crippen LogP contribution in [-0.2, 0) is 22.7 Å². The number of aryl methyl sites for hydroxylation is 1. The maximum atomic E-state index is 12.9. The third-order valence-corrected chi connectivity index (χ3v) is 5.61. The molecule has 3 rings (SSSR count). The van der Waals surface area contributed by atoms with Crippen LogP contribution in [0.1, 0.15) is 48.9 Å². The number of alkyl halides is 3. The Morgan fingerprint density at radius 2 is 2.07 bits per heavy atom. The highest BCUT2D eigenvalue weighted by Crippen LogP contribution is 2.44. The molecule has 1 aromatic heterocycles. The van der Waals surface area contributed by atoms with Gasteiger partial charge < -0.3 is 0 Å². The average Bonchev–Trinajstić information content (AvgIpc) is 3.36. The smallest absolute Gasteiger partial charge is 0.276 e. The van der Waals surface area contributed by atoms with Crippen molar-refractivity contribution < 1.29 is 21.6 Å². The van der Waals surface area contributed by atoms with Gasteiger partial charge in [-0.2, -0.15) is 23.5 Å². The van der Waals surface area contributed by atoms with Gasteiger partial charge in [0, 0.05) is 12.5 Å². The van der Waals surface area contributed by atoms with Crippen LogP contribution < -0.4 is 4.72 Å². The molecular formula is C17H17F3N4O2S. The van der Waals surface area contributed by atoms with Gasteiger partial charge in [0.05, 0.1) is 39.7 Å². The van der Waals surface area contributed by atoms with Gasteiger partial charge >= 0.3 is 6.18 Å². The van der Waals surface area contributed by atoms with Crippen LogP contribution in [0.4, 0.5) is 18.9 Å². The van der Waals surface area contributed by atoms with Crippen molar-refractivity contribution in [2.75, 3.05) is 4.72 Å². The number of sulfonamides is 1. The molecule has 0 atom stereocenters. The van der Waals surface area contributed by atoms with Crippen molar-refractivity contribution >= 4 is 15.7 Å². The zero-order valence-electron chi connectivity index (χ0n) is 14.4. The molecular weight excluding hydrogens is 381 g/mol. The van der Waals surface area contributed by atoms with Gasteiger partial charge in [-0.3, -0.25) is 9.40 Å². The standard InChI is InChI=1S/C17H17F3N4O2S/c1-2-7-24-16(11-3-4-11)15(10-22-24)23-27(25,26)13-5-6-14(17(18,19)20)12(8-13)9-21/h5-6,8,10-11,23H,2-4,7H2,1H3. The van der Waals surface area contributed by atoms with Crippen LogP contribution in [0.5, 0.6) is 0 Å². The van der Waals surface area contributed by atoms with Crippen LogP contribution in [0.25, 0.3) is 0 Å². The summed E-state index contributed by atoms with van der Waals surface area (Å²) in [5.41, 5.74) is -0.801. The molecule has 0 aliphatic heterocycles. The first-order valence-electron chi connectivity index (χ1n) is 8.37. The normalized spacial score (nSPS) is 14.8. The van der Waals surface area contributed by atoms with Crippen LogP contribution in [0, 0.1) is 11.3 Å². The number of hydrogen-bond donors (Lipinski definition) is 1. The van der Waals surface area contributed by atoms with Crippen LogP contribution in [0.3, 0.4) is 0 Å². The molecule has 6 nitrogen and oxygen atoms in total. The van der Waals surface area contributed by atoms with Crippen molar-refractivity contribution in [3.63, 3.8) is 0 Å². The highest BCUT2D eigenvalue weighted by molar-refractivity contribution is 7.92. The van der Waals surface area contributed by atoms with Gasteiger partial charge in [-0.1, -0.05) is 6.92 Å². The molecule has 0 spiro atoms. The summed E-state index contributed by atoms with van der Waals surface area (Å²) in [5.74, 6) is 0.221. The van der Waals surface area contributed by atoms with E-state index in [0.717, 1.165) is 37.1 Å². The lowest BCUT2D eigenvalue weighted by Crippen LogP contribution is -2.16. The van der Waals surface area contributed by atoms with Gasteiger partial charge in [0.1, 0.15) is 0 Å². The summed E-state index contributed by atoms with van der Waals surface area (Å²) in [6.45, 7) is 2.63. The SMILES string of the molecule is CCCn1ncc(NS(=O)(=O)c2ccc(C(F)(F)F)c(C#N)c2)c1C1CC1. The quantitative estimate of drug-likeness (QED) is 0.800. The summed E-state index contributed by atoms with van der Waals surface area (Å²) < 4.78 is 68.2. The maximum absolute atomic E-state index is 12.9. The van der Waals surface area contributed by atoms with Crippen molar-refractivity contribution in [2.45, 2.75) is 49.7 Å². The van der Waals surface area contributed by atoms with E-state index < -0.39 is 32.2 Å².